The van der Waals surface area contributed by atoms with Crippen LogP contribution >= 0.6 is 0 Å². The Morgan fingerprint density at radius 2 is 2.00 bits per heavy atom. The average molecular weight is 184 g/mol. The Hall–Kier alpha value is -0.550. The zero-order valence-electron chi connectivity index (χ0n) is 6.91. The van der Waals surface area contributed by atoms with Crippen molar-refractivity contribution in [2.24, 2.45) is 5.73 Å². The summed E-state index contributed by atoms with van der Waals surface area (Å²) in [6, 6.07) is 7.39. The summed E-state index contributed by atoms with van der Waals surface area (Å²) in [5.74, 6) is 0. The SMILES string of the molecule is CN[S+]([O-])c1ccc(CN)cc1. The molecule has 1 unspecified atom stereocenters. The largest absolute Gasteiger partial charge is 0.593 e. The molecule has 12 heavy (non-hydrogen) atoms. The first-order chi connectivity index (χ1) is 5.77. The fourth-order valence-electron chi connectivity index (χ4n) is 0.867. The first kappa shape index (κ1) is 9.54. The van der Waals surface area contributed by atoms with E-state index in [4.69, 9.17) is 5.73 Å². The van der Waals surface area contributed by atoms with E-state index in [9.17, 15) is 4.55 Å². The number of hydrogen-bond acceptors (Lipinski definition) is 3. The molecule has 1 aromatic rings. The molecule has 0 aliphatic rings. The molecule has 0 heterocycles. The lowest BCUT2D eigenvalue weighted by Gasteiger charge is -2.06. The highest BCUT2D eigenvalue weighted by Crippen LogP contribution is 2.09. The van der Waals surface area contributed by atoms with Crippen molar-refractivity contribution < 1.29 is 4.55 Å². The predicted molar refractivity (Wildman–Crippen MR) is 49.8 cm³/mol. The highest BCUT2D eigenvalue weighted by atomic mass is 32.2. The third-order valence-electron chi connectivity index (χ3n) is 1.56. The summed E-state index contributed by atoms with van der Waals surface area (Å²) in [6.07, 6.45) is 0. The fourth-order valence-corrected chi connectivity index (χ4v) is 1.49. The Morgan fingerprint density at radius 3 is 2.42 bits per heavy atom. The van der Waals surface area contributed by atoms with E-state index >= 15 is 0 Å². The first-order valence-electron chi connectivity index (χ1n) is 3.66. The maximum atomic E-state index is 11.2. The van der Waals surface area contributed by atoms with E-state index in [0.717, 1.165) is 10.5 Å². The van der Waals surface area contributed by atoms with E-state index in [-0.39, 0.29) is 0 Å². The van der Waals surface area contributed by atoms with Gasteiger partial charge in [-0.2, -0.15) is 0 Å². The Kier molecular flexibility index (Phi) is 3.55. The second-order valence-electron chi connectivity index (χ2n) is 2.32. The van der Waals surface area contributed by atoms with Crippen molar-refractivity contribution in [1.29, 1.82) is 0 Å². The minimum absolute atomic E-state index is 0.520. The van der Waals surface area contributed by atoms with Gasteiger partial charge in [-0.1, -0.05) is 12.1 Å². The predicted octanol–water partition coefficient (Wildman–Crippen LogP) is 0.387. The normalized spacial score (nSPS) is 12.9. The molecule has 0 amide bonds. The quantitative estimate of drug-likeness (QED) is 0.668. The molecule has 0 aliphatic carbocycles. The Balaban J connectivity index is 2.77. The molecule has 1 rings (SSSR count). The summed E-state index contributed by atoms with van der Waals surface area (Å²) >= 11 is -1.09. The summed E-state index contributed by atoms with van der Waals surface area (Å²) in [7, 11) is 1.66. The lowest BCUT2D eigenvalue weighted by molar-refractivity contribution is 0.587. The molecule has 3 N–H and O–H groups in total. The third-order valence-corrected chi connectivity index (χ3v) is 2.63. The highest BCUT2D eigenvalue weighted by Gasteiger charge is 2.06. The molecule has 0 bridgehead atoms. The van der Waals surface area contributed by atoms with Crippen molar-refractivity contribution in [3.05, 3.63) is 29.8 Å². The minimum atomic E-state index is -1.09. The van der Waals surface area contributed by atoms with E-state index in [1.807, 2.05) is 24.3 Å². The average Bonchev–Trinajstić information content (AvgIpc) is 2.17. The fraction of sp³-hybridized carbons (Fsp3) is 0.250. The molecule has 66 valence electrons. The summed E-state index contributed by atoms with van der Waals surface area (Å²) < 4.78 is 13.8. The van der Waals surface area contributed by atoms with E-state index in [0.29, 0.717) is 6.54 Å². The molecular formula is C8H12N2OS. The number of rotatable bonds is 3. The zero-order chi connectivity index (χ0) is 8.97. The molecule has 0 aromatic heterocycles. The maximum absolute atomic E-state index is 11.2. The number of nitrogens with one attached hydrogen (secondary N) is 1. The van der Waals surface area contributed by atoms with Gasteiger partial charge in [-0.15, -0.1) is 4.72 Å². The van der Waals surface area contributed by atoms with Crippen LogP contribution in [-0.4, -0.2) is 11.6 Å². The maximum Gasteiger partial charge on any atom is 0.173 e. The van der Waals surface area contributed by atoms with Crippen LogP contribution in [-0.2, 0) is 17.9 Å². The van der Waals surface area contributed by atoms with Crippen molar-refractivity contribution >= 4 is 11.4 Å². The third kappa shape index (κ3) is 2.22. The van der Waals surface area contributed by atoms with Crippen LogP contribution in [0.5, 0.6) is 0 Å². The molecule has 1 atom stereocenters. The molecule has 3 nitrogen and oxygen atoms in total. The molecule has 0 saturated carbocycles. The van der Waals surface area contributed by atoms with Gasteiger partial charge in [0.05, 0.1) is 11.4 Å². The van der Waals surface area contributed by atoms with Crippen LogP contribution in [0.3, 0.4) is 0 Å². The molecule has 0 aliphatic heterocycles. The molecular weight excluding hydrogens is 172 g/mol. The molecule has 1 aromatic carbocycles. The van der Waals surface area contributed by atoms with Crippen molar-refractivity contribution in [2.75, 3.05) is 7.05 Å². The van der Waals surface area contributed by atoms with Gasteiger partial charge in [0.2, 0.25) is 0 Å². The lowest BCUT2D eigenvalue weighted by Crippen LogP contribution is -2.18. The number of benzene rings is 1. The van der Waals surface area contributed by atoms with Crippen LogP contribution in [0, 0.1) is 0 Å². The van der Waals surface area contributed by atoms with Crippen molar-refractivity contribution in [1.82, 2.24) is 4.72 Å². The summed E-state index contributed by atoms with van der Waals surface area (Å²) in [5.41, 5.74) is 6.47. The van der Waals surface area contributed by atoms with E-state index in [1.54, 1.807) is 7.05 Å². The van der Waals surface area contributed by atoms with Crippen molar-refractivity contribution in [3.8, 4) is 0 Å². The minimum Gasteiger partial charge on any atom is -0.593 e. The van der Waals surface area contributed by atoms with Gasteiger partial charge in [0, 0.05) is 13.6 Å². The second-order valence-corrected chi connectivity index (χ2v) is 3.74. The first-order valence-corrected chi connectivity index (χ1v) is 4.81. The van der Waals surface area contributed by atoms with Crippen molar-refractivity contribution in [2.45, 2.75) is 11.4 Å². The van der Waals surface area contributed by atoms with Crippen LogP contribution in [0.15, 0.2) is 29.2 Å². The second kappa shape index (κ2) is 4.47. The smallest absolute Gasteiger partial charge is 0.173 e. The Labute approximate surface area is 75.3 Å². The van der Waals surface area contributed by atoms with Crippen LogP contribution in [0.4, 0.5) is 0 Å². The lowest BCUT2D eigenvalue weighted by atomic mass is 10.2. The monoisotopic (exact) mass is 184 g/mol. The van der Waals surface area contributed by atoms with E-state index in [1.165, 1.54) is 0 Å². The van der Waals surface area contributed by atoms with Gasteiger partial charge in [0.25, 0.3) is 0 Å². The van der Waals surface area contributed by atoms with Gasteiger partial charge in [0.15, 0.2) is 4.90 Å². The van der Waals surface area contributed by atoms with Crippen molar-refractivity contribution in [3.63, 3.8) is 0 Å². The topological polar surface area (TPSA) is 61.1 Å². The van der Waals surface area contributed by atoms with Crippen LogP contribution in [0.2, 0.25) is 0 Å². The van der Waals surface area contributed by atoms with Gasteiger partial charge in [-0.05, 0) is 17.7 Å². The van der Waals surface area contributed by atoms with E-state index in [2.05, 4.69) is 4.72 Å². The van der Waals surface area contributed by atoms with Gasteiger partial charge >= 0.3 is 0 Å². The standard InChI is InChI=1S/C8H12N2OS/c1-10-12(11)8-4-2-7(6-9)3-5-8/h2-5,10H,6,9H2,1H3. The van der Waals surface area contributed by atoms with Crippen LogP contribution < -0.4 is 10.5 Å². The molecule has 0 radical (unpaired) electrons. The van der Waals surface area contributed by atoms with E-state index < -0.39 is 11.4 Å². The molecule has 0 saturated heterocycles. The highest BCUT2D eigenvalue weighted by molar-refractivity contribution is 7.89. The van der Waals surface area contributed by atoms with Crippen LogP contribution in [0.25, 0.3) is 0 Å². The van der Waals surface area contributed by atoms with Gasteiger partial charge < -0.3 is 10.3 Å². The summed E-state index contributed by atoms with van der Waals surface area (Å²) in [5, 5.41) is 0. The van der Waals surface area contributed by atoms with Gasteiger partial charge in [-0.3, -0.25) is 0 Å². The summed E-state index contributed by atoms with van der Waals surface area (Å²) in [6.45, 7) is 0.520. The van der Waals surface area contributed by atoms with Crippen LogP contribution in [0.1, 0.15) is 5.56 Å². The number of nitrogens with two attached hydrogens (primary N) is 1. The molecule has 4 heteroatoms. The van der Waals surface area contributed by atoms with Gasteiger partial charge in [-0.25, -0.2) is 0 Å². The molecule has 0 spiro atoms. The Bertz CT molecular complexity index is 237. The summed E-state index contributed by atoms with van der Waals surface area (Å²) in [4.78, 5) is 0.773. The Morgan fingerprint density at radius 1 is 1.42 bits per heavy atom. The molecule has 0 fully saturated rings. The van der Waals surface area contributed by atoms with Gasteiger partial charge in [0.1, 0.15) is 0 Å². The number of hydrogen-bond donors (Lipinski definition) is 2. The zero-order valence-corrected chi connectivity index (χ0v) is 7.73.